The lowest BCUT2D eigenvalue weighted by molar-refractivity contribution is -0.143. The SMILES string of the molecule is CC(C)C(NC(=O)C1CC12CC2)C(=O)O. The molecule has 2 aliphatic carbocycles. The third-order valence-electron chi connectivity index (χ3n) is 3.63. The molecule has 4 heteroatoms. The third kappa shape index (κ3) is 1.85. The van der Waals surface area contributed by atoms with E-state index in [1.165, 1.54) is 0 Å². The normalized spacial score (nSPS) is 27.5. The number of hydrogen-bond acceptors (Lipinski definition) is 2. The molecular formula is C11H17NO3. The molecule has 0 aliphatic heterocycles. The van der Waals surface area contributed by atoms with Gasteiger partial charge in [0.2, 0.25) is 5.91 Å². The zero-order valence-electron chi connectivity index (χ0n) is 9.12. The molecule has 2 N–H and O–H groups in total. The third-order valence-corrected chi connectivity index (χ3v) is 3.63. The van der Waals surface area contributed by atoms with Gasteiger partial charge in [0.25, 0.3) is 0 Å². The highest BCUT2D eigenvalue weighted by molar-refractivity contribution is 5.88. The van der Waals surface area contributed by atoms with Crippen LogP contribution < -0.4 is 5.32 Å². The average molecular weight is 211 g/mol. The smallest absolute Gasteiger partial charge is 0.326 e. The van der Waals surface area contributed by atoms with Gasteiger partial charge < -0.3 is 10.4 Å². The van der Waals surface area contributed by atoms with Crippen molar-refractivity contribution in [3.63, 3.8) is 0 Å². The molecule has 0 bridgehead atoms. The number of carbonyl (C=O) groups is 2. The summed E-state index contributed by atoms with van der Waals surface area (Å²) < 4.78 is 0. The van der Waals surface area contributed by atoms with Crippen molar-refractivity contribution >= 4 is 11.9 Å². The Morgan fingerprint density at radius 1 is 1.40 bits per heavy atom. The van der Waals surface area contributed by atoms with Gasteiger partial charge in [0.15, 0.2) is 0 Å². The number of rotatable bonds is 4. The topological polar surface area (TPSA) is 66.4 Å². The van der Waals surface area contributed by atoms with Crippen LogP contribution in [0.25, 0.3) is 0 Å². The molecule has 0 saturated heterocycles. The molecule has 0 radical (unpaired) electrons. The molecular weight excluding hydrogens is 194 g/mol. The van der Waals surface area contributed by atoms with Crippen molar-refractivity contribution in [2.24, 2.45) is 17.3 Å². The predicted molar refractivity (Wildman–Crippen MR) is 54.2 cm³/mol. The molecule has 2 unspecified atom stereocenters. The number of aliphatic carboxylic acids is 1. The highest BCUT2D eigenvalue weighted by Crippen LogP contribution is 2.70. The van der Waals surface area contributed by atoms with Gasteiger partial charge in [0.1, 0.15) is 6.04 Å². The number of amides is 1. The fourth-order valence-electron chi connectivity index (χ4n) is 2.20. The van der Waals surface area contributed by atoms with E-state index in [2.05, 4.69) is 5.32 Å². The molecule has 1 amide bonds. The van der Waals surface area contributed by atoms with Gasteiger partial charge in [-0.05, 0) is 30.6 Å². The summed E-state index contributed by atoms with van der Waals surface area (Å²) in [5.41, 5.74) is 0.296. The Labute approximate surface area is 89.0 Å². The minimum atomic E-state index is -0.941. The minimum absolute atomic E-state index is 0.0615. The lowest BCUT2D eigenvalue weighted by Gasteiger charge is -2.17. The average Bonchev–Trinajstić information content (AvgIpc) is 3.02. The van der Waals surface area contributed by atoms with Crippen molar-refractivity contribution in [3.05, 3.63) is 0 Å². The van der Waals surface area contributed by atoms with Gasteiger partial charge in [-0.3, -0.25) is 4.79 Å². The first-order valence-electron chi connectivity index (χ1n) is 5.49. The molecule has 2 fully saturated rings. The molecule has 0 aromatic heterocycles. The highest BCUT2D eigenvalue weighted by atomic mass is 16.4. The Morgan fingerprint density at radius 2 is 2.00 bits per heavy atom. The van der Waals surface area contributed by atoms with Crippen molar-refractivity contribution in [2.45, 2.75) is 39.2 Å². The van der Waals surface area contributed by atoms with E-state index in [1.54, 1.807) is 13.8 Å². The number of carboxylic acid groups (broad SMARTS) is 1. The van der Waals surface area contributed by atoms with Gasteiger partial charge in [0.05, 0.1) is 0 Å². The van der Waals surface area contributed by atoms with E-state index in [9.17, 15) is 9.59 Å². The zero-order valence-corrected chi connectivity index (χ0v) is 9.12. The van der Waals surface area contributed by atoms with E-state index in [1.807, 2.05) is 0 Å². The van der Waals surface area contributed by atoms with Gasteiger partial charge >= 0.3 is 5.97 Å². The molecule has 15 heavy (non-hydrogen) atoms. The molecule has 84 valence electrons. The van der Waals surface area contributed by atoms with E-state index in [-0.39, 0.29) is 17.7 Å². The first-order chi connectivity index (χ1) is 6.96. The lowest BCUT2D eigenvalue weighted by atomic mass is 10.0. The predicted octanol–water partition coefficient (Wildman–Crippen LogP) is 1.01. The van der Waals surface area contributed by atoms with Crippen LogP contribution in [0.2, 0.25) is 0 Å². The Bertz CT molecular complexity index is 307. The fourth-order valence-corrected chi connectivity index (χ4v) is 2.20. The Hall–Kier alpha value is -1.06. The van der Waals surface area contributed by atoms with Crippen molar-refractivity contribution in [3.8, 4) is 0 Å². The van der Waals surface area contributed by atoms with Gasteiger partial charge in [-0.1, -0.05) is 13.8 Å². The number of carboxylic acids is 1. The highest BCUT2D eigenvalue weighted by Gasteiger charge is 2.65. The summed E-state index contributed by atoms with van der Waals surface area (Å²) in [6.45, 7) is 3.61. The summed E-state index contributed by atoms with van der Waals surface area (Å²) in [4.78, 5) is 22.6. The summed E-state index contributed by atoms with van der Waals surface area (Å²) in [7, 11) is 0. The van der Waals surface area contributed by atoms with E-state index in [4.69, 9.17) is 5.11 Å². The van der Waals surface area contributed by atoms with Crippen molar-refractivity contribution in [1.29, 1.82) is 0 Å². The van der Waals surface area contributed by atoms with Crippen LogP contribution in [0, 0.1) is 17.3 Å². The summed E-state index contributed by atoms with van der Waals surface area (Å²) >= 11 is 0. The first-order valence-corrected chi connectivity index (χ1v) is 5.49. The second-order valence-electron chi connectivity index (χ2n) is 5.19. The van der Waals surface area contributed by atoms with Crippen LogP contribution in [0.15, 0.2) is 0 Å². The maximum absolute atomic E-state index is 11.7. The van der Waals surface area contributed by atoms with Crippen LogP contribution in [0.3, 0.4) is 0 Å². The van der Waals surface area contributed by atoms with Gasteiger partial charge in [-0.25, -0.2) is 4.79 Å². The largest absolute Gasteiger partial charge is 0.480 e. The second-order valence-corrected chi connectivity index (χ2v) is 5.19. The molecule has 2 aliphatic rings. The molecule has 2 atom stereocenters. The number of nitrogens with one attached hydrogen (secondary N) is 1. The summed E-state index contributed by atoms with van der Waals surface area (Å²) in [5, 5.41) is 11.6. The van der Waals surface area contributed by atoms with Crippen LogP contribution in [0.4, 0.5) is 0 Å². The standard InChI is InChI=1S/C11H17NO3/c1-6(2)8(10(14)15)12-9(13)7-5-11(7)3-4-11/h6-8H,3-5H2,1-2H3,(H,12,13)(H,14,15). The molecule has 0 heterocycles. The summed E-state index contributed by atoms with van der Waals surface area (Å²) in [6.07, 6.45) is 3.25. The van der Waals surface area contributed by atoms with Crippen LogP contribution in [-0.2, 0) is 9.59 Å². The number of hydrogen-bond donors (Lipinski definition) is 2. The van der Waals surface area contributed by atoms with Crippen LogP contribution >= 0.6 is 0 Å². The monoisotopic (exact) mass is 211 g/mol. The Kier molecular flexibility index (Phi) is 2.24. The fraction of sp³-hybridized carbons (Fsp3) is 0.818. The molecule has 1 spiro atoms. The van der Waals surface area contributed by atoms with Crippen LogP contribution in [0.5, 0.6) is 0 Å². The quantitative estimate of drug-likeness (QED) is 0.729. The zero-order chi connectivity index (χ0) is 11.2. The molecule has 4 nitrogen and oxygen atoms in total. The van der Waals surface area contributed by atoms with Gasteiger partial charge in [-0.2, -0.15) is 0 Å². The van der Waals surface area contributed by atoms with Crippen LogP contribution in [0.1, 0.15) is 33.1 Å². The summed E-state index contributed by atoms with van der Waals surface area (Å²) in [6, 6.07) is -0.742. The van der Waals surface area contributed by atoms with Crippen LogP contribution in [-0.4, -0.2) is 23.0 Å². The number of carbonyl (C=O) groups excluding carboxylic acids is 1. The molecule has 0 aromatic rings. The van der Waals surface area contributed by atoms with Gasteiger partial charge in [0, 0.05) is 5.92 Å². The molecule has 2 rings (SSSR count). The van der Waals surface area contributed by atoms with Gasteiger partial charge in [-0.15, -0.1) is 0 Å². The van der Waals surface area contributed by atoms with E-state index < -0.39 is 12.0 Å². The molecule has 2 saturated carbocycles. The maximum atomic E-state index is 11.7. The maximum Gasteiger partial charge on any atom is 0.326 e. The van der Waals surface area contributed by atoms with Crippen molar-refractivity contribution < 1.29 is 14.7 Å². The van der Waals surface area contributed by atoms with E-state index >= 15 is 0 Å². The Balaban J connectivity index is 1.89. The van der Waals surface area contributed by atoms with E-state index in [0.717, 1.165) is 19.3 Å². The first kappa shape index (κ1) is 10.5. The van der Waals surface area contributed by atoms with E-state index in [0.29, 0.717) is 5.41 Å². The minimum Gasteiger partial charge on any atom is -0.480 e. The second kappa shape index (κ2) is 3.22. The summed E-state index contributed by atoms with van der Waals surface area (Å²) in [5.74, 6) is -0.976. The lowest BCUT2D eigenvalue weighted by Crippen LogP contribution is -2.45. The Morgan fingerprint density at radius 3 is 2.33 bits per heavy atom. The van der Waals surface area contributed by atoms with Crippen molar-refractivity contribution in [2.75, 3.05) is 0 Å². The molecule has 0 aromatic carbocycles. The van der Waals surface area contributed by atoms with Crippen molar-refractivity contribution in [1.82, 2.24) is 5.32 Å².